The number of sulfonamides is 2. The van der Waals surface area contributed by atoms with Crippen LogP contribution < -0.4 is 4.31 Å². The molecule has 3 aromatic carbocycles. The minimum atomic E-state index is -4.10. The van der Waals surface area contributed by atoms with Gasteiger partial charge in [0.2, 0.25) is 15.9 Å². The summed E-state index contributed by atoms with van der Waals surface area (Å²) in [4.78, 5) is 15.2. The molecular formula is C27H30ClN3O5S2. The van der Waals surface area contributed by atoms with Crippen molar-refractivity contribution in [1.82, 2.24) is 9.21 Å². The summed E-state index contributed by atoms with van der Waals surface area (Å²) in [6, 6.07) is 17.9. The third kappa shape index (κ3) is 5.88. The van der Waals surface area contributed by atoms with E-state index in [0.29, 0.717) is 16.3 Å². The first kappa shape index (κ1) is 28.1. The van der Waals surface area contributed by atoms with Crippen molar-refractivity contribution in [1.29, 1.82) is 0 Å². The number of carbonyl (C=O) groups is 1. The Kier molecular flexibility index (Phi) is 8.17. The second-order valence-corrected chi connectivity index (χ2v) is 13.6. The summed E-state index contributed by atoms with van der Waals surface area (Å²) in [7, 11) is -7.79. The predicted octanol–water partition coefficient (Wildman–Crippen LogP) is 3.99. The maximum absolute atomic E-state index is 13.7. The van der Waals surface area contributed by atoms with Crippen LogP contribution in [0, 0.1) is 20.8 Å². The largest absolute Gasteiger partial charge is 0.338 e. The third-order valence-corrected chi connectivity index (χ3v) is 10.5. The van der Waals surface area contributed by atoms with E-state index in [9.17, 15) is 21.6 Å². The zero-order valence-corrected chi connectivity index (χ0v) is 23.9. The monoisotopic (exact) mass is 575 g/mol. The van der Waals surface area contributed by atoms with Crippen molar-refractivity contribution < 1.29 is 21.6 Å². The molecule has 1 heterocycles. The molecule has 1 aliphatic heterocycles. The molecule has 8 nitrogen and oxygen atoms in total. The molecule has 1 fully saturated rings. The van der Waals surface area contributed by atoms with E-state index in [4.69, 9.17) is 11.6 Å². The van der Waals surface area contributed by atoms with Gasteiger partial charge in [0.05, 0.1) is 15.5 Å². The Morgan fingerprint density at radius 3 is 1.87 bits per heavy atom. The lowest BCUT2D eigenvalue weighted by atomic mass is 10.2. The molecule has 11 heteroatoms. The highest BCUT2D eigenvalue weighted by Gasteiger charge is 2.33. The van der Waals surface area contributed by atoms with Gasteiger partial charge in [-0.1, -0.05) is 53.1 Å². The van der Waals surface area contributed by atoms with Crippen LogP contribution in [0.15, 0.2) is 76.5 Å². The molecule has 38 heavy (non-hydrogen) atoms. The van der Waals surface area contributed by atoms with E-state index in [1.54, 1.807) is 55.5 Å². The second kappa shape index (κ2) is 11.1. The Labute approximate surface area is 229 Å². The molecule has 0 radical (unpaired) electrons. The molecule has 0 spiro atoms. The predicted molar refractivity (Wildman–Crippen MR) is 148 cm³/mol. The van der Waals surface area contributed by atoms with Crippen LogP contribution >= 0.6 is 11.6 Å². The number of rotatable bonds is 7. The lowest BCUT2D eigenvalue weighted by Crippen LogP contribution is -2.53. The van der Waals surface area contributed by atoms with Gasteiger partial charge >= 0.3 is 0 Å². The fourth-order valence-corrected chi connectivity index (χ4v) is 7.31. The molecule has 0 saturated carbocycles. The number of hydrogen-bond donors (Lipinski definition) is 0. The van der Waals surface area contributed by atoms with E-state index >= 15 is 0 Å². The van der Waals surface area contributed by atoms with Crippen LogP contribution in [-0.2, 0) is 24.8 Å². The lowest BCUT2D eigenvalue weighted by Gasteiger charge is -2.35. The maximum atomic E-state index is 13.7. The summed E-state index contributed by atoms with van der Waals surface area (Å²) < 4.78 is 55.9. The fourth-order valence-electron chi connectivity index (χ4n) is 4.25. The maximum Gasteiger partial charge on any atom is 0.264 e. The second-order valence-electron chi connectivity index (χ2n) is 9.35. The standard InChI is InChI=1S/C27H30ClN3O5S2/c1-20-4-10-24(11-5-20)37(33,34)30-16-14-29(15-17-30)27(32)19-31(26-18-23(28)9-8-22(26)3)38(35,36)25-12-6-21(2)7-13-25/h4-13,18H,14-17,19H2,1-3H3. The molecule has 0 N–H and O–H groups in total. The van der Waals surface area contributed by atoms with Crippen LogP contribution in [0.4, 0.5) is 5.69 Å². The Bertz CT molecular complexity index is 1530. The summed E-state index contributed by atoms with van der Waals surface area (Å²) in [6.45, 7) is 5.58. The van der Waals surface area contributed by atoms with E-state index in [0.717, 1.165) is 15.4 Å². The minimum absolute atomic E-state index is 0.0595. The van der Waals surface area contributed by atoms with Gasteiger partial charge in [0.15, 0.2) is 0 Å². The number of piperazine rings is 1. The molecule has 202 valence electrons. The number of nitrogens with zero attached hydrogens (tertiary/aromatic N) is 3. The highest BCUT2D eigenvalue weighted by Crippen LogP contribution is 2.30. The van der Waals surface area contributed by atoms with Gasteiger partial charge in [-0.05, 0) is 62.7 Å². The summed E-state index contributed by atoms with van der Waals surface area (Å²) in [5.41, 5.74) is 2.82. The first-order chi connectivity index (χ1) is 17.9. The summed E-state index contributed by atoms with van der Waals surface area (Å²) in [5.74, 6) is -0.424. The highest BCUT2D eigenvalue weighted by atomic mass is 35.5. The summed E-state index contributed by atoms with van der Waals surface area (Å²) >= 11 is 6.20. The average Bonchev–Trinajstić information content (AvgIpc) is 2.89. The van der Waals surface area contributed by atoms with Crippen LogP contribution in [0.2, 0.25) is 5.02 Å². The van der Waals surface area contributed by atoms with Gasteiger partial charge in [-0.3, -0.25) is 9.10 Å². The van der Waals surface area contributed by atoms with Crippen molar-refractivity contribution in [2.24, 2.45) is 0 Å². The van der Waals surface area contributed by atoms with Gasteiger partial charge in [0.1, 0.15) is 6.54 Å². The quantitative estimate of drug-likeness (QED) is 0.424. The topological polar surface area (TPSA) is 95.1 Å². The number of amides is 1. The molecular weight excluding hydrogens is 546 g/mol. The normalized spacial score (nSPS) is 14.9. The van der Waals surface area contributed by atoms with Gasteiger partial charge in [-0.25, -0.2) is 16.8 Å². The van der Waals surface area contributed by atoms with Crippen molar-refractivity contribution in [3.63, 3.8) is 0 Å². The van der Waals surface area contributed by atoms with Crippen LogP contribution in [0.1, 0.15) is 16.7 Å². The summed E-state index contributed by atoms with van der Waals surface area (Å²) in [6.07, 6.45) is 0. The minimum Gasteiger partial charge on any atom is -0.338 e. The first-order valence-corrected chi connectivity index (χ1v) is 15.4. The van der Waals surface area contributed by atoms with Crippen LogP contribution in [0.3, 0.4) is 0 Å². The zero-order valence-electron chi connectivity index (χ0n) is 21.5. The van der Waals surface area contributed by atoms with Gasteiger partial charge in [0.25, 0.3) is 10.0 Å². The number of hydrogen-bond acceptors (Lipinski definition) is 5. The van der Waals surface area contributed by atoms with E-state index in [2.05, 4.69) is 0 Å². The van der Waals surface area contributed by atoms with Crippen LogP contribution in [-0.4, -0.2) is 64.7 Å². The van der Waals surface area contributed by atoms with Gasteiger partial charge in [0, 0.05) is 31.2 Å². The smallest absolute Gasteiger partial charge is 0.264 e. The van der Waals surface area contributed by atoms with Gasteiger partial charge < -0.3 is 4.90 Å². The van der Waals surface area contributed by atoms with Crippen molar-refractivity contribution in [3.8, 4) is 0 Å². The Hall–Kier alpha value is -2.92. The zero-order chi connectivity index (χ0) is 27.7. The molecule has 0 aliphatic carbocycles. The first-order valence-electron chi connectivity index (χ1n) is 12.1. The number of benzene rings is 3. The molecule has 0 atom stereocenters. The van der Waals surface area contributed by atoms with E-state index in [1.807, 2.05) is 13.8 Å². The van der Waals surface area contributed by atoms with Gasteiger partial charge in [-0.2, -0.15) is 4.31 Å². The molecule has 0 bridgehead atoms. The van der Waals surface area contributed by atoms with Crippen LogP contribution in [0.25, 0.3) is 0 Å². The molecule has 1 amide bonds. The average molecular weight is 576 g/mol. The van der Waals surface area contributed by atoms with E-state index in [1.165, 1.54) is 27.4 Å². The van der Waals surface area contributed by atoms with Crippen molar-refractivity contribution in [2.75, 3.05) is 37.0 Å². The van der Waals surface area contributed by atoms with Gasteiger partial charge in [-0.15, -0.1) is 0 Å². The summed E-state index contributed by atoms with van der Waals surface area (Å²) in [5, 5.41) is 0.345. The van der Waals surface area contributed by atoms with Crippen molar-refractivity contribution in [2.45, 2.75) is 30.6 Å². The van der Waals surface area contributed by atoms with Crippen molar-refractivity contribution >= 4 is 43.2 Å². The van der Waals surface area contributed by atoms with E-state index in [-0.39, 0.29) is 36.0 Å². The third-order valence-electron chi connectivity index (χ3n) is 6.58. The number of halogens is 1. The van der Waals surface area contributed by atoms with Crippen LogP contribution in [0.5, 0.6) is 0 Å². The highest BCUT2D eigenvalue weighted by molar-refractivity contribution is 7.92. The lowest BCUT2D eigenvalue weighted by molar-refractivity contribution is -0.130. The Morgan fingerprint density at radius 2 is 1.32 bits per heavy atom. The fraction of sp³-hybridized carbons (Fsp3) is 0.296. The molecule has 1 saturated heterocycles. The molecule has 0 aromatic heterocycles. The molecule has 3 aromatic rings. The van der Waals surface area contributed by atoms with E-state index < -0.39 is 32.5 Å². The molecule has 1 aliphatic rings. The molecule has 0 unspecified atom stereocenters. The Balaban J connectivity index is 1.56. The number of aryl methyl sites for hydroxylation is 3. The number of carbonyl (C=O) groups excluding carboxylic acids is 1. The van der Waals surface area contributed by atoms with Crippen molar-refractivity contribution in [3.05, 3.63) is 88.4 Å². The Morgan fingerprint density at radius 1 is 0.789 bits per heavy atom. The SMILES string of the molecule is Cc1ccc(S(=O)(=O)N2CCN(C(=O)CN(c3cc(Cl)ccc3C)S(=O)(=O)c3ccc(C)cc3)CC2)cc1. The number of anilines is 1. The molecule has 4 rings (SSSR count).